The molecule has 0 radical (unpaired) electrons. The Kier molecular flexibility index (Phi) is 4.99. The molecule has 1 aliphatic rings. The molecular formula is C22H23N5OS2. The number of amides is 1. The van der Waals surface area contributed by atoms with Gasteiger partial charge in [-0.15, -0.1) is 21.5 Å². The van der Waals surface area contributed by atoms with Crippen LogP contribution in [0.25, 0.3) is 15.9 Å². The number of nitrogens with zero attached hydrogens (tertiary/aromatic N) is 4. The Hall–Kier alpha value is -2.45. The zero-order chi connectivity index (χ0) is 20.8. The van der Waals surface area contributed by atoms with Gasteiger partial charge in [-0.1, -0.05) is 24.8 Å². The van der Waals surface area contributed by atoms with Crippen molar-refractivity contribution in [2.24, 2.45) is 5.92 Å². The van der Waals surface area contributed by atoms with Gasteiger partial charge in [-0.2, -0.15) is 0 Å². The molecule has 0 saturated heterocycles. The Balaban J connectivity index is 1.37. The number of aromatic nitrogens is 4. The molecule has 1 aromatic carbocycles. The predicted octanol–water partition coefficient (Wildman–Crippen LogP) is 4.81. The summed E-state index contributed by atoms with van der Waals surface area (Å²) in [6, 6.07) is 5.94. The molecule has 1 unspecified atom stereocenters. The molecule has 0 aliphatic heterocycles. The Labute approximate surface area is 183 Å². The number of thioether (sulfide) groups is 1. The highest BCUT2D eigenvalue weighted by atomic mass is 32.2. The molecule has 4 aromatic rings. The van der Waals surface area contributed by atoms with Gasteiger partial charge in [-0.3, -0.25) is 9.20 Å². The topological polar surface area (TPSA) is 72.2 Å². The van der Waals surface area contributed by atoms with Crippen LogP contribution < -0.4 is 5.32 Å². The normalized spacial score (nSPS) is 16.2. The first-order valence-electron chi connectivity index (χ1n) is 10.1. The molecule has 1 N–H and O–H groups in total. The number of rotatable bonds is 4. The second-order valence-electron chi connectivity index (χ2n) is 8.09. The second-order valence-corrected chi connectivity index (χ2v) is 10.1. The van der Waals surface area contributed by atoms with Crippen LogP contribution in [0.5, 0.6) is 0 Å². The molecule has 0 fully saturated rings. The molecule has 8 heteroatoms. The number of hydrogen-bond donors (Lipinski definition) is 1. The highest BCUT2D eigenvalue weighted by Gasteiger charge is 2.24. The fourth-order valence-corrected chi connectivity index (χ4v) is 6.01. The number of thiophene rings is 1. The minimum Gasteiger partial charge on any atom is -0.325 e. The van der Waals surface area contributed by atoms with E-state index in [1.165, 1.54) is 34.2 Å². The van der Waals surface area contributed by atoms with Gasteiger partial charge in [0.2, 0.25) is 5.91 Å². The summed E-state index contributed by atoms with van der Waals surface area (Å²) in [7, 11) is 0. The maximum Gasteiger partial charge on any atom is 0.234 e. The molecule has 30 heavy (non-hydrogen) atoms. The maximum atomic E-state index is 12.4. The van der Waals surface area contributed by atoms with Crippen LogP contribution >= 0.6 is 23.1 Å². The average Bonchev–Trinajstić information content (AvgIpc) is 3.29. The van der Waals surface area contributed by atoms with Crippen LogP contribution in [-0.2, 0) is 17.6 Å². The van der Waals surface area contributed by atoms with Crippen molar-refractivity contribution < 1.29 is 4.79 Å². The van der Waals surface area contributed by atoms with E-state index in [0.717, 1.165) is 45.9 Å². The number of hydrogen-bond acceptors (Lipinski definition) is 6. The number of anilines is 1. The lowest BCUT2D eigenvalue weighted by molar-refractivity contribution is -0.113. The number of carbonyl (C=O) groups is 1. The summed E-state index contributed by atoms with van der Waals surface area (Å²) in [5.41, 5.74) is 5.43. The van der Waals surface area contributed by atoms with Gasteiger partial charge in [0.05, 0.1) is 11.1 Å². The third-order valence-corrected chi connectivity index (χ3v) is 7.90. The minimum absolute atomic E-state index is 0.0593. The molecule has 0 saturated carbocycles. The highest BCUT2D eigenvalue weighted by molar-refractivity contribution is 7.99. The maximum absolute atomic E-state index is 12.4. The minimum atomic E-state index is -0.0593. The van der Waals surface area contributed by atoms with Gasteiger partial charge in [0.1, 0.15) is 11.2 Å². The van der Waals surface area contributed by atoms with Crippen molar-refractivity contribution >= 4 is 50.6 Å². The molecule has 0 bridgehead atoms. The lowest BCUT2D eigenvalue weighted by Gasteiger charge is -2.17. The van der Waals surface area contributed by atoms with Crippen LogP contribution in [0.3, 0.4) is 0 Å². The zero-order valence-electron chi connectivity index (χ0n) is 17.2. The first-order valence-corrected chi connectivity index (χ1v) is 11.9. The van der Waals surface area contributed by atoms with Gasteiger partial charge < -0.3 is 5.32 Å². The molecule has 1 aliphatic carbocycles. The third-order valence-electron chi connectivity index (χ3n) is 5.79. The summed E-state index contributed by atoms with van der Waals surface area (Å²) < 4.78 is 1.92. The molecule has 1 atom stereocenters. The average molecular weight is 438 g/mol. The molecule has 6 nitrogen and oxygen atoms in total. The Bertz CT molecular complexity index is 1280. The van der Waals surface area contributed by atoms with E-state index in [9.17, 15) is 4.79 Å². The zero-order valence-corrected chi connectivity index (χ0v) is 18.9. The third kappa shape index (κ3) is 3.48. The van der Waals surface area contributed by atoms with E-state index in [1.807, 2.05) is 29.5 Å². The van der Waals surface area contributed by atoms with E-state index in [4.69, 9.17) is 0 Å². The van der Waals surface area contributed by atoms with Gasteiger partial charge in [-0.25, -0.2) is 4.98 Å². The van der Waals surface area contributed by atoms with Crippen molar-refractivity contribution in [3.05, 3.63) is 46.1 Å². The summed E-state index contributed by atoms with van der Waals surface area (Å²) in [4.78, 5) is 19.6. The first-order chi connectivity index (χ1) is 14.5. The van der Waals surface area contributed by atoms with Crippen LogP contribution in [0, 0.1) is 19.8 Å². The molecule has 1 amide bonds. The predicted molar refractivity (Wildman–Crippen MR) is 123 cm³/mol. The Morgan fingerprint density at radius 1 is 1.30 bits per heavy atom. The molecule has 3 heterocycles. The fourth-order valence-electron chi connectivity index (χ4n) is 3.96. The van der Waals surface area contributed by atoms with Gasteiger partial charge in [0, 0.05) is 10.6 Å². The molecule has 154 valence electrons. The summed E-state index contributed by atoms with van der Waals surface area (Å²) in [6.45, 7) is 6.41. The van der Waals surface area contributed by atoms with Gasteiger partial charge in [0.25, 0.3) is 0 Å². The van der Waals surface area contributed by atoms with Crippen LogP contribution in [0.4, 0.5) is 5.69 Å². The Morgan fingerprint density at radius 2 is 2.17 bits per heavy atom. The van der Waals surface area contributed by atoms with E-state index in [-0.39, 0.29) is 11.7 Å². The summed E-state index contributed by atoms with van der Waals surface area (Å²) >= 11 is 3.17. The number of carbonyl (C=O) groups excluding carboxylic acids is 1. The SMILES string of the molecule is Cc1ccc(NC(=O)CSc2nnc3c4c5c(sc4ncn23)CC(C)CC5)cc1C. The van der Waals surface area contributed by atoms with Crippen LogP contribution in [0.2, 0.25) is 0 Å². The van der Waals surface area contributed by atoms with E-state index in [1.54, 1.807) is 17.7 Å². The van der Waals surface area contributed by atoms with Crippen LogP contribution in [0.15, 0.2) is 29.7 Å². The number of fused-ring (bicyclic) bond motifs is 5. The first kappa shape index (κ1) is 19.5. The van der Waals surface area contributed by atoms with Crippen molar-refractivity contribution in [2.45, 2.75) is 45.2 Å². The number of aryl methyl sites for hydroxylation is 3. The smallest absolute Gasteiger partial charge is 0.234 e. The molecule has 3 aromatic heterocycles. The number of benzene rings is 1. The number of nitrogens with one attached hydrogen (secondary N) is 1. The van der Waals surface area contributed by atoms with Crippen LogP contribution in [-0.4, -0.2) is 31.2 Å². The highest BCUT2D eigenvalue weighted by Crippen LogP contribution is 2.39. The quantitative estimate of drug-likeness (QED) is 0.464. The molecular weight excluding hydrogens is 414 g/mol. The summed E-state index contributed by atoms with van der Waals surface area (Å²) in [5.74, 6) is 0.933. The van der Waals surface area contributed by atoms with E-state index in [2.05, 4.69) is 34.3 Å². The van der Waals surface area contributed by atoms with Gasteiger partial charge in [0.15, 0.2) is 10.8 Å². The monoisotopic (exact) mass is 437 g/mol. The van der Waals surface area contributed by atoms with Crippen molar-refractivity contribution in [1.29, 1.82) is 0 Å². The van der Waals surface area contributed by atoms with E-state index < -0.39 is 0 Å². The van der Waals surface area contributed by atoms with Crippen LogP contribution in [0.1, 0.15) is 34.9 Å². The van der Waals surface area contributed by atoms with Crippen molar-refractivity contribution in [1.82, 2.24) is 19.6 Å². The van der Waals surface area contributed by atoms with Gasteiger partial charge in [-0.05, 0) is 67.9 Å². The summed E-state index contributed by atoms with van der Waals surface area (Å²) in [6.07, 6.45) is 5.18. The Morgan fingerprint density at radius 3 is 3.00 bits per heavy atom. The molecule has 0 spiro atoms. The summed E-state index contributed by atoms with van der Waals surface area (Å²) in [5, 5.41) is 13.6. The lowest BCUT2D eigenvalue weighted by atomic mass is 9.89. The lowest BCUT2D eigenvalue weighted by Crippen LogP contribution is -2.14. The fraction of sp³-hybridized carbons (Fsp3) is 0.364. The second kappa shape index (κ2) is 7.67. The largest absolute Gasteiger partial charge is 0.325 e. The van der Waals surface area contributed by atoms with E-state index >= 15 is 0 Å². The van der Waals surface area contributed by atoms with Crippen molar-refractivity contribution in [3.63, 3.8) is 0 Å². The van der Waals surface area contributed by atoms with Crippen molar-refractivity contribution in [3.8, 4) is 0 Å². The van der Waals surface area contributed by atoms with Gasteiger partial charge >= 0.3 is 0 Å². The molecule has 5 rings (SSSR count). The van der Waals surface area contributed by atoms with E-state index in [0.29, 0.717) is 5.16 Å². The van der Waals surface area contributed by atoms with Crippen molar-refractivity contribution in [2.75, 3.05) is 11.1 Å². The standard InChI is InChI=1S/C22H23N5OS2/c1-12-4-7-16-17(8-12)30-21-19(16)20-25-26-22(27(20)11-23-21)29-10-18(28)24-15-6-5-13(2)14(3)9-15/h5-6,9,11-12H,4,7-8,10H2,1-3H3,(H,24,28).